The molecule has 2 N–H and O–H groups in total. The van der Waals surface area contributed by atoms with Crippen molar-refractivity contribution in [3.05, 3.63) is 61.8 Å². The van der Waals surface area contributed by atoms with E-state index in [1.165, 1.54) is 11.3 Å². The lowest BCUT2D eigenvalue weighted by molar-refractivity contribution is -0.128. The number of carbonyl (C=O) groups is 2. The summed E-state index contributed by atoms with van der Waals surface area (Å²) >= 11 is 12.3. The first-order valence-electron chi connectivity index (χ1n) is 7.50. The Morgan fingerprint density at radius 3 is 2.38 bits per heavy atom. The number of hydrogen-bond acceptors (Lipinski definition) is 5. The Hall–Kier alpha value is -1.74. The van der Waals surface area contributed by atoms with Gasteiger partial charge in [0, 0.05) is 20.3 Å². The molecule has 0 radical (unpaired) electrons. The van der Waals surface area contributed by atoms with E-state index >= 15 is 0 Å². The second-order valence-electron chi connectivity index (χ2n) is 5.35. The Morgan fingerprint density at radius 2 is 1.73 bits per heavy atom. The van der Waals surface area contributed by atoms with Gasteiger partial charge in [-0.2, -0.15) is 0 Å². The molecule has 0 aliphatic carbocycles. The lowest BCUT2D eigenvalue weighted by Gasteiger charge is -2.06. The number of thiophene rings is 1. The van der Waals surface area contributed by atoms with Crippen LogP contribution in [0.25, 0.3) is 9.88 Å². The van der Waals surface area contributed by atoms with Crippen LogP contribution in [-0.4, -0.2) is 16.8 Å². The second kappa shape index (κ2) is 8.77. The van der Waals surface area contributed by atoms with Gasteiger partial charge in [0.2, 0.25) is 11.8 Å². The van der Waals surface area contributed by atoms with Gasteiger partial charge in [-0.1, -0.05) is 23.7 Å². The van der Waals surface area contributed by atoms with Crippen molar-refractivity contribution in [2.45, 2.75) is 12.8 Å². The van der Waals surface area contributed by atoms with E-state index in [-0.39, 0.29) is 24.7 Å². The van der Waals surface area contributed by atoms with Crippen molar-refractivity contribution in [2.75, 3.05) is 0 Å². The van der Waals surface area contributed by atoms with Gasteiger partial charge in [-0.25, -0.2) is 4.98 Å². The van der Waals surface area contributed by atoms with E-state index in [0.717, 1.165) is 19.9 Å². The molecule has 0 saturated carbocycles. The number of hydrogen-bond donors (Lipinski definition) is 2. The summed E-state index contributed by atoms with van der Waals surface area (Å²) in [6.45, 7) is 0. The molecule has 2 aromatic heterocycles. The summed E-state index contributed by atoms with van der Waals surface area (Å²) in [6, 6.07) is 8.96. The summed E-state index contributed by atoms with van der Waals surface area (Å²) < 4.78 is 1.01. The maximum atomic E-state index is 12.0. The van der Waals surface area contributed by atoms with Gasteiger partial charge in [-0.05, 0) is 39.7 Å². The van der Waals surface area contributed by atoms with Crippen molar-refractivity contribution < 1.29 is 9.59 Å². The van der Waals surface area contributed by atoms with Crippen LogP contribution in [0.4, 0.5) is 0 Å². The van der Waals surface area contributed by atoms with E-state index in [0.29, 0.717) is 10.7 Å². The molecular weight excluding hydrogens is 458 g/mol. The summed E-state index contributed by atoms with van der Waals surface area (Å²) in [7, 11) is 0. The SMILES string of the molecule is O=C(Cc1ccc(Cl)cc1)NNC(=O)Cc1csc(-c2cc(Br)cs2)n1. The fourth-order valence-corrected chi connectivity index (χ4v) is 4.56. The Bertz CT molecular complexity index is 924. The number of nitrogens with zero attached hydrogens (tertiary/aromatic N) is 1. The first-order chi connectivity index (χ1) is 12.5. The van der Waals surface area contributed by atoms with Crippen molar-refractivity contribution in [3.8, 4) is 9.88 Å². The molecule has 134 valence electrons. The summed E-state index contributed by atoms with van der Waals surface area (Å²) in [5.74, 6) is -0.623. The van der Waals surface area contributed by atoms with Crippen LogP contribution in [0.1, 0.15) is 11.3 Å². The molecule has 9 heteroatoms. The van der Waals surface area contributed by atoms with Crippen LogP contribution in [-0.2, 0) is 22.4 Å². The first kappa shape index (κ1) is 19.0. The average molecular weight is 471 g/mol. The topological polar surface area (TPSA) is 71.1 Å². The minimum atomic E-state index is -0.321. The summed E-state index contributed by atoms with van der Waals surface area (Å²) in [5.41, 5.74) is 6.30. The van der Waals surface area contributed by atoms with Crippen LogP contribution in [0, 0.1) is 0 Å². The number of aromatic nitrogens is 1. The van der Waals surface area contributed by atoms with E-state index in [1.54, 1.807) is 35.6 Å². The quantitative estimate of drug-likeness (QED) is 0.549. The monoisotopic (exact) mass is 469 g/mol. The molecule has 2 heterocycles. The molecule has 0 bridgehead atoms. The van der Waals surface area contributed by atoms with Crippen molar-refractivity contribution in [1.29, 1.82) is 0 Å². The Kier molecular flexibility index (Phi) is 6.42. The molecule has 0 unspecified atom stereocenters. The number of rotatable bonds is 5. The lowest BCUT2D eigenvalue weighted by atomic mass is 10.1. The van der Waals surface area contributed by atoms with E-state index in [1.807, 2.05) is 16.8 Å². The molecule has 1 aromatic carbocycles. The standard InChI is InChI=1S/C17H13BrClN3O2S2/c18-11-6-14(25-8-11)17-20-13(9-26-17)7-16(24)22-21-15(23)5-10-1-3-12(19)4-2-10/h1-4,6,8-9H,5,7H2,(H,21,23)(H,22,24). The highest BCUT2D eigenvalue weighted by molar-refractivity contribution is 9.10. The molecule has 5 nitrogen and oxygen atoms in total. The third kappa shape index (κ3) is 5.38. The second-order valence-corrected chi connectivity index (χ2v) is 8.47. The first-order valence-corrected chi connectivity index (χ1v) is 10.4. The minimum absolute atomic E-state index is 0.101. The van der Waals surface area contributed by atoms with Crippen molar-refractivity contribution >= 4 is 62.0 Å². The van der Waals surface area contributed by atoms with Crippen molar-refractivity contribution in [3.63, 3.8) is 0 Å². The van der Waals surface area contributed by atoms with Crippen LogP contribution in [0.2, 0.25) is 5.02 Å². The van der Waals surface area contributed by atoms with Crippen LogP contribution >= 0.6 is 50.2 Å². The summed E-state index contributed by atoms with van der Waals surface area (Å²) in [5, 5.41) is 5.31. The fourth-order valence-electron chi connectivity index (χ4n) is 2.11. The largest absolute Gasteiger partial charge is 0.273 e. The van der Waals surface area contributed by atoms with Gasteiger partial charge in [-0.3, -0.25) is 20.4 Å². The van der Waals surface area contributed by atoms with Crippen LogP contribution in [0.5, 0.6) is 0 Å². The van der Waals surface area contributed by atoms with E-state index in [4.69, 9.17) is 11.6 Å². The summed E-state index contributed by atoms with van der Waals surface area (Å²) in [4.78, 5) is 29.4. The zero-order chi connectivity index (χ0) is 18.5. The van der Waals surface area contributed by atoms with Gasteiger partial charge in [0.05, 0.1) is 23.4 Å². The zero-order valence-electron chi connectivity index (χ0n) is 13.3. The molecule has 2 amide bonds. The highest BCUT2D eigenvalue weighted by Crippen LogP contribution is 2.32. The third-order valence-electron chi connectivity index (χ3n) is 3.29. The number of nitrogens with one attached hydrogen (secondary N) is 2. The fraction of sp³-hybridized carbons (Fsp3) is 0.118. The number of benzene rings is 1. The zero-order valence-corrected chi connectivity index (χ0v) is 17.3. The lowest BCUT2D eigenvalue weighted by Crippen LogP contribution is -2.43. The number of thiazole rings is 1. The number of carbonyl (C=O) groups excluding carboxylic acids is 2. The maximum absolute atomic E-state index is 12.0. The molecule has 26 heavy (non-hydrogen) atoms. The predicted molar refractivity (Wildman–Crippen MR) is 108 cm³/mol. The van der Waals surface area contributed by atoms with Gasteiger partial charge in [0.15, 0.2) is 0 Å². The molecule has 0 saturated heterocycles. The van der Waals surface area contributed by atoms with Crippen LogP contribution < -0.4 is 10.9 Å². The van der Waals surface area contributed by atoms with Gasteiger partial charge >= 0.3 is 0 Å². The van der Waals surface area contributed by atoms with Gasteiger partial charge < -0.3 is 0 Å². The normalized spacial score (nSPS) is 10.5. The van der Waals surface area contributed by atoms with Gasteiger partial charge in [-0.15, -0.1) is 22.7 Å². The van der Waals surface area contributed by atoms with E-state index in [9.17, 15) is 9.59 Å². The number of halogens is 2. The molecule has 0 fully saturated rings. The Morgan fingerprint density at radius 1 is 1.04 bits per heavy atom. The molecule has 0 aliphatic heterocycles. The van der Waals surface area contributed by atoms with E-state index < -0.39 is 0 Å². The molecule has 3 aromatic rings. The molecule has 0 aliphatic rings. The van der Waals surface area contributed by atoms with Gasteiger partial charge in [0.1, 0.15) is 5.01 Å². The molecule has 0 spiro atoms. The van der Waals surface area contributed by atoms with Gasteiger partial charge in [0.25, 0.3) is 0 Å². The summed E-state index contributed by atoms with van der Waals surface area (Å²) in [6.07, 6.45) is 0.260. The molecule has 0 atom stereocenters. The Labute approximate surface area is 171 Å². The third-order valence-corrected chi connectivity index (χ3v) is 6.29. The minimum Gasteiger partial charge on any atom is -0.273 e. The van der Waals surface area contributed by atoms with Crippen molar-refractivity contribution in [2.24, 2.45) is 0 Å². The van der Waals surface area contributed by atoms with Crippen molar-refractivity contribution in [1.82, 2.24) is 15.8 Å². The number of amides is 2. The molecule has 3 rings (SSSR count). The number of hydrazine groups is 1. The molecular formula is C17H13BrClN3O2S2. The Balaban J connectivity index is 1.47. The smallest absolute Gasteiger partial charge is 0.244 e. The highest BCUT2D eigenvalue weighted by Gasteiger charge is 2.11. The average Bonchev–Trinajstić information content (AvgIpc) is 3.24. The highest BCUT2D eigenvalue weighted by atomic mass is 79.9. The van der Waals surface area contributed by atoms with Crippen LogP contribution in [0.3, 0.4) is 0 Å². The predicted octanol–water partition coefficient (Wildman–Crippen LogP) is 4.22. The van der Waals surface area contributed by atoms with Crippen LogP contribution in [0.15, 0.2) is 45.6 Å². The maximum Gasteiger partial charge on any atom is 0.244 e. The van der Waals surface area contributed by atoms with E-state index in [2.05, 4.69) is 31.8 Å².